The summed E-state index contributed by atoms with van der Waals surface area (Å²) < 4.78 is 53.1. The molecule has 0 spiro atoms. The first-order valence-corrected chi connectivity index (χ1v) is 11.3. The molecule has 0 aliphatic heterocycles. The van der Waals surface area contributed by atoms with Gasteiger partial charge >= 0.3 is 12.1 Å². The molecule has 1 aromatic heterocycles. The van der Waals surface area contributed by atoms with Crippen molar-refractivity contribution >= 4 is 11.9 Å². The first kappa shape index (κ1) is 26.7. The minimum atomic E-state index is -4.69. The highest BCUT2D eigenvalue weighted by atomic mass is 19.4. The third-order valence-corrected chi connectivity index (χ3v) is 5.54. The fourth-order valence-electron chi connectivity index (χ4n) is 3.84. The summed E-state index contributed by atoms with van der Waals surface area (Å²) in [6.45, 7) is 4.09. The van der Waals surface area contributed by atoms with Crippen molar-refractivity contribution in [3.63, 3.8) is 0 Å². The first-order chi connectivity index (χ1) is 17.2. The summed E-state index contributed by atoms with van der Waals surface area (Å²) in [6.07, 6.45) is -2.46. The predicted molar refractivity (Wildman–Crippen MR) is 125 cm³/mol. The van der Waals surface area contributed by atoms with Crippen LogP contribution < -0.4 is 4.74 Å². The Morgan fingerprint density at radius 1 is 1.08 bits per heavy atom. The van der Waals surface area contributed by atoms with Crippen molar-refractivity contribution in [1.82, 2.24) is 19.7 Å². The van der Waals surface area contributed by atoms with Crippen LogP contribution in [0.3, 0.4) is 0 Å². The fraction of sp³-hybridized carbons (Fsp3) is 0.360. The van der Waals surface area contributed by atoms with E-state index in [4.69, 9.17) is 9.47 Å². The number of carbonyl (C=O) groups excluding carboxylic acids is 2. The summed E-state index contributed by atoms with van der Waals surface area (Å²) in [6, 6.07) is 9.27. The zero-order chi connectivity index (χ0) is 26.3. The van der Waals surface area contributed by atoms with E-state index in [0.29, 0.717) is 23.2 Å². The number of likely N-dealkylation sites (N-methyl/N-ethyl adjacent to an activating group) is 1. The van der Waals surface area contributed by atoms with Crippen LogP contribution in [-0.4, -0.2) is 51.8 Å². The topological polar surface area (TPSA) is 86.6 Å². The summed E-state index contributed by atoms with van der Waals surface area (Å²) in [5.74, 6) is -0.956. The summed E-state index contributed by atoms with van der Waals surface area (Å²) in [5, 5.41) is 3.95. The molecule has 3 rings (SSSR count). The first-order valence-electron chi connectivity index (χ1n) is 11.3. The van der Waals surface area contributed by atoms with Gasteiger partial charge in [0, 0.05) is 18.7 Å². The van der Waals surface area contributed by atoms with Crippen LogP contribution in [0.2, 0.25) is 0 Å². The van der Waals surface area contributed by atoms with Crippen LogP contribution in [0.15, 0.2) is 49.1 Å². The van der Waals surface area contributed by atoms with E-state index in [1.54, 1.807) is 36.1 Å². The van der Waals surface area contributed by atoms with Crippen molar-refractivity contribution in [3.05, 3.63) is 65.7 Å². The monoisotopic (exact) mass is 504 g/mol. The number of hydrogen-bond acceptors (Lipinski definition) is 6. The van der Waals surface area contributed by atoms with Gasteiger partial charge in [-0.3, -0.25) is 9.59 Å². The molecule has 1 amide bonds. The largest absolute Gasteiger partial charge is 0.496 e. The summed E-state index contributed by atoms with van der Waals surface area (Å²) in [5.41, 5.74) is 0.472. The number of aromatic nitrogens is 3. The van der Waals surface area contributed by atoms with Gasteiger partial charge in [0.2, 0.25) is 5.91 Å². The van der Waals surface area contributed by atoms with E-state index >= 15 is 0 Å². The van der Waals surface area contributed by atoms with Crippen LogP contribution in [-0.2, 0) is 40.0 Å². The molecule has 0 saturated heterocycles. The standard InChI is InChI=1S/C25H27F3N4O4/c1-4-31(23(33)14-32-16-29-15-30-32)13-17-8-6-7-9-19(17)20-10-18(11-24(34)36-5-2)21(25(26,27)28)12-22(20)35-3/h6-10,12,15-16H,4-5,11,13-14H2,1-3H3. The lowest BCUT2D eigenvalue weighted by molar-refractivity contribution is -0.143. The van der Waals surface area contributed by atoms with E-state index < -0.39 is 24.1 Å². The average molecular weight is 505 g/mol. The molecular weight excluding hydrogens is 477 g/mol. The Hall–Kier alpha value is -3.89. The number of benzene rings is 2. The van der Waals surface area contributed by atoms with Gasteiger partial charge in [0.25, 0.3) is 0 Å². The second-order valence-electron chi connectivity index (χ2n) is 7.85. The predicted octanol–water partition coefficient (Wildman–Crippen LogP) is 4.13. The smallest absolute Gasteiger partial charge is 0.416 e. The second-order valence-corrected chi connectivity index (χ2v) is 7.85. The van der Waals surface area contributed by atoms with E-state index in [0.717, 1.165) is 6.07 Å². The number of amides is 1. The third kappa shape index (κ3) is 6.41. The lowest BCUT2D eigenvalue weighted by atomic mass is 9.93. The Bertz CT molecular complexity index is 1200. The molecule has 8 nitrogen and oxygen atoms in total. The minimum Gasteiger partial charge on any atom is -0.496 e. The highest BCUT2D eigenvalue weighted by Gasteiger charge is 2.35. The van der Waals surface area contributed by atoms with Crippen LogP contribution in [0.4, 0.5) is 13.2 Å². The number of alkyl halides is 3. The van der Waals surface area contributed by atoms with Gasteiger partial charge in [-0.1, -0.05) is 24.3 Å². The Labute approximate surface area is 206 Å². The number of nitrogens with zero attached hydrogens (tertiary/aromatic N) is 4. The summed E-state index contributed by atoms with van der Waals surface area (Å²) in [4.78, 5) is 30.4. The lowest BCUT2D eigenvalue weighted by Gasteiger charge is -2.24. The molecule has 0 fully saturated rings. The van der Waals surface area contributed by atoms with Gasteiger partial charge in [0.15, 0.2) is 0 Å². The molecule has 0 radical (unpaired) electrons. The maximum absolute atomic E-state index is 13.8. The number of esters is 1. The van der Waals surface area contributed by atoms with Crippen LogP contribution >= 0.6 is 0 Å². The molecule has 0 aliphatic carbocycles. The molecule has 0 unspecified atom stereocenters. The van der Waals surface area contributed by atoms with Gasteiger partial charge in [0.1, 0.15) is 24.9 Å². The summed E-state index contributed by atoms with van der Waals surface area (Å²) in [7, 11) is 1.28. The van der Waals surface area contributed by atoms with Crippen molar-refractivity contribution in [2.75, 3.05) is 20.3 Å². The minimum absolute atomic E-state index is 0.000579. The SMILES string of the molecule is CCOC(=O)Cc1cc(-c2ccccc2CN(CC)C(=O)Cn2cncn2)c(OC)cc1C(F)(F)F. The molecule has 0 saturated carbocycles. The van der Waals surface area contributed by atoms with Crippen molar-refractivity contribution in [2.45, 2.75) is 39.5 Å². The van der Waals surface area contributed by atoms with Crippen LogP contribution in [0.25, 0.3) is 11.1 Å². The number of halogens is 3. The highest BCUT2D eigenvalue weighted by molar-refractivity contribution is 5.80. The molecule has 0 bridgehead atoms. The molecule has 11 heteroatoms. The molecule has 192 valence electrons. The van der Waals surface area contributed by atoms with Gasteiger partial charge in [-0.15, -0.1) is 0 Å². The normalized spacial score (nSPS) is 11.3. The van der Waals surface area contributed by atoms with Gasteiger partial charge in [-0.05, 0) is 42.7 Å². The van der Waals surface area contributed by atoms with Gasteiger partial charge < -0.3 is 14.4 Å². The van der Waals surface area contributed by atoms with Crippen molar-refractivity contribution in [1.29, 1.82) is 0 Å². The molecule has 0 aliphatic rings. The second kappa shape index (κ2) is 11.7. The van der Waals surface area contributed by atoms with Crippen LogP contribution in [0.5, 0.6) is 5.75 Å². The molecule has 1 heterocycles. The zero-order valence-electron chi connectivity index (χ0n) is 20.2. The van der Waals surface area contributed by atoms with E-state index in [1.807, 2.05) is 6.92 Å². The zero-order valence-corrected chi connectivity index (χ0v) is 20.2. The fourth-order valence-corrected chi connectivity index (χ4v) is 3.84. The number of rotatable bonds is 10. The lowest BCUT2D eigenvalue weighted by Crippen LogP contribution is -2.33. The molecule has 3 aromatic rings. The number of ether oxygens (including phenoxy) is 2. The van der Waals surface area contributed by atoms with Crippen LogP contribution in [0, 0.1) is 0 Å². The Morgan fingerprint density at radius 2 is 1.83 bits per heavy atom. The third-order valence-electron chi connectivity index (χ3n) is 5.54. The van der Waals surface area contributed by atoms with Crippen molar-refractivity contribution < 1.29 is 32.2 Å². The highest BCUT2D eigenvalue weighted by Crippen LogP contribution is 2.41. The van der Waals surface area contributed by atoms with Gasteiger partial charge in [-0.2, -0.15) is 18.3 Å². The van der Waals surface area contributed by atoms with Crippen LogP contribution in [0.1, 0.15) is 30.5 Å². The Kier molecular flexibility index (Phi) is 8.68. The number of methoxy groups -OCH3 is 1. The van der Waals surface area contributed by atoms with E-state index in [-0.39, 0.29) is 36.9 Å². The molecule has 0 atom stereocenters. The van der Waals surface area contributed by atoms with Crippen molar-refractivity contribution in [3.8, 4) is 16.9 Å². The van der Waals surface area contributed by atoms with Gasteiger partial charge in [-0.25, -0.2) is 9.67 Å². The van der Waals surface area contributed by atoms with E-state index in [9.17, 15) is 22.8 Å². The van der Waals surface area contributed by atoms with E-state index in [2.05, 4.69) is 10.1 Å². The Morgan fingerprint density at radius 3 is 2.44 bits per heavy atom. The van der Waals surface area contributed by atoms with Crippen molar-refractivity contribution in [2.24, 2.45) is 0 Å². The van der Waals surface area contributed by atoms with Gasteiger partial charge in [0.05, 0.1) is 25.7 Å². The molecule has 0 N–H and O–H groups in total. The summed E-state index contributed by atoms with van der Waals surface area (Å²) >= 11 is 0. The molecule has 2 aromatic carbocycles. The quantitative estimate of drug-likeness (QED) is 0.386. The van der Waals surface area contributed by atoms with E-state index in [1.165, 1.54) is 30.5 Å². The molecular formula is C25H27F3N4O4. The maximum atomic E-state index is 13.8. The number of carbonyl (C=O) groups is 2. The molecule has 36 heavy (non-hydrogen) atoms. The Balaban J connectivity index is 2.03. The average Bonchev–Trinajstić information content (AvgIpc) is 3.35. The maximum Gasteiger partial charge on any atom is 0.416 e. The number of hydrogen-bond donors (Lipinski definition) is 0.